The summed E-state index contributed by atoms with van der Waals surface area (Å²) < 4.78 is 5.13. The number of hydrogen-bond acceptors (Lipinski definition) is 4. The van der Waals surface area contributed by atoms with Gasteiger partial charge in [0.05, 0.1) is 12.2 Å². The van der Waals surface area contributed by atoms with Crippen molar-refractivity contribution in [3.05, 3.63) is 59.0 Å². The number of nitrogens with one attached hydrogen (secondary N) is 1. The van der Waals surface area contributed by atoms with Gasteiger partial charge in [0.15, 0.2) is 5.76 Å². The maximum absolute atomic E-state index is 12.3. The van der Waals surface area contributed by atoms with Gasteiger partial charge in [0.1, 0.15) is 5.71 Å². The van der Waals surface area contributed by atoms with Crippen molar-refractivity contribution < 1.29 is 9.21 Å². The molecule has 0 fully saturated rings. The molecule has 2 heterocycles. The fourth-order valence-corrected chi connectivity index (χ4v) is 2.24. The van der Waals surface area contributed by atoms with Gasteiger partial charge in [0, 0.05) is 11.6 Å². The first-order chi connectivity index (χ1) is 9.25. The number of Topliss-reactive ketones (excluding diaryl/α,β-unsaturated/α-hetero) is 1. The Hall–Kier alpha value is -2.07. The third-order valence-corrected chi connectivity index (χ3v) is 3.33. The zero-order valence-electron chi connectivity index (χ0n) is 9.97. The molecule has 4 nitrogen and oxygen atoms in total. The highest BCUT2D eigenvalue weighted by Gasteiger charge is 2.30. The molecule has 0 saturated heterocycles. The van der Waals surface area contributed by atoms with Gasteiger partial charge < -0.3 is 9.84 Å². The lowest BCUT2D eigenvalue weighted by Crippen LogP contribution is -2.21. The van der Waals surface area contributed by atoms with Crippen LogP contribution >= 0.6 is 11.6 Å². The van der Waals surface area contributed by atoms with Gasteiger partial charge in [-0.3, -0.25) is 4.79 Å². The average molecular weight is 275 g/mol. The predicted molar refractivity (Wildman–Crippen MR) is 72.7 cm³/mol. The van der Waals surface area contributed by atoms with Crippen molar-refractivity contribution in [1.29, 1.82) is 0 Å². The van der Waals surface area contributed by atoms with Gasteiger partial charge in [-0.05, 0) is 29.8 Å². The molecule has 1 aliphatic heterocycles. The summed E-state index contributed by atoms with van der Waals surface area (Å²) in [6.45, 7) is 0.601. The highest BCUT2D eigenvalue weighted by atomic mass is 35.5. The zero-order valence-corrected chi connectivity index (χ0v) is 10.7. The summed E-state index contributed by atoms with van der Waals surface area (Å²) in [7, 11) is 0. The van der Waals surface area contributed by atoms with E-state index in [-0.39, 0.29) is 11.7 Å². The molecule has 0 unspecified atom stereocenters. The number of benzene rings is 1. The Bertz CT molecular complexity index is 617. The lowest BCUT2D eigenvalue weighted by atomic mass is 9.92. The summed E-state index contributed by atoms with van der Waals surface area (Å²) in [5.74, 6) is 0.0474. The zero-order chi connectivity index (χ0) is 13.2. The van der Waals surface area contributed by atoms with E-state index in [9.17, 15) is 4.79 Å². The van der Waals surface area contributed by atoms with Crippen LogP contribution in [0.2, 0.25) is 5.02 Å². The first-order valence-electron chi connectivity index (χ1n) is 5.90. The molecule has 2 aromatic rings. The number of rotatable bonds is 3. The Balaban J connectivity index is 1.89. The molecule has 1 aliphatic rings. The summed E-state index contributed by atoms with van der Waals surface area (Å²) in [5.41, 5.74) is 4.35. The minimum atomic E-state index is -0.185. The van der Waals surface area contributed by atoms with E-state index >= 15 is 0 Å². The third-order valence-electron chi connectivity index (χ3n) is 3.07. The van der Waals surface area contributed by atoms with Gasteiger partial charge in [-0.25, -0.2) is 0 Å². The molecule has 0 bridgehead atoms. The van der Waals surface area contributed by atoms with Crippen LogP contribution in [0.3, 0.4) is 0 Å². The standard InChI is InChI=1S/C14H11ClN2O2/c15-10-5-3-9(4-6-10)11-8-16-17-13(11)14(18)12-2-1-7-19-12/h1-7,11,16H,8H2/t11-/m1/s1. The monoisotopic (exact) mass is 274 g/mol. The van der Waals surface area contributed by atoms with Crippen LogP contribution in [-0.2, 0) is 0 Å². The maximum atomic E-state index is 12.3. The molecule has 0 saturated carbocycles. The highest BCUT2D eigenvalue weighted by molar-refractivity contribution is 6.47. The van der Waals surface area contributed by atoms with Crippen molar-refractivity contribution >= 4 is 23.1 Å². The smallest absolute Gasteiger partial charge is 0.244 e. The first-order valence-corrected chi connectivity index (χ1v) is 6.27. The minimum absolute atomic E-state index is 0.0742. The Morgan fingerprint density at radius 1 is 1.32 bits per heavy atom. The predicted octanol–water partition coefficient (Wildman–Crippen LogP) is 2.86. The highest BCUT2D eigenvalue weighted by Crippen LogP contribution is 2.24. The lowest BCUT2D eigenvalue weighted by molar-refractivity contribution is 0.103. The molecule has 0 radical (unpaired) electrons. The van der Waals surface area contributed by atoms with E-state index in [0.29, 0.717) is 23.0 Å². The van der Waals surface area contributed by atoms with E-state index in [2.05, 4.69) is 10.5 Å². The molecule has 0 aliphatic carbocycles. The first kappa shape index (κ1) is 12.0. The molecule has 1 aromatic heterocycles. The van der Waals surface area contributed by atoms with Crippen LogP contribution in [0.4, 0.5) is 0 Å². The fourth-order valence-electron chi connectivity index (χ4n) is 2.11. The van der Waals surface area contributed by atoms with Crippen LogP contribution in [0, 0.1) is 0 Å². The topological polar surface area (TPSA) is 54.6 Å². The van der Waals surface area contributed by atoms with E-state index in [1.54, 1.807) is 12.1 Å². The van der Waals surface area contributed by atoms with Crippen molar-refractivity contribution in [3.63, 3.8) is 0 Å². The molecule has 1 aromatic carbocycles. The Labute approximate surface area is 115 Å². The molecule has 0 spiro atoms. The molecular weight excluding hydrogens is 264 g/mol. The van der Waals surface area contributed by atoms with Crippen molar-refractivity contribution in [2.45, 2.75) is 5.92 Å². The number of nitrogens with zero attached hydrogens (tertiary/aromatic N) is 1. The summed E-state index contributed by atoms with van der Waals surface area (Å²) in [6, 6.07) is 10.8. The maximum Gasteiger partial charge on any atom is 0.244 e. The van der Waals surface area contributed by atoms with Gasteiger partial charge in [-0.1, -0.05) is 23.7 Å². The van der Waals surface area contributed by atoms with Crippen LogP contribution < -0.4 is 5.43 Å². The molecule has 19 heavy (non-hydrogen) atoms. The normalized spacial score (nSPS) is 17.9. The number of carbonyl (C=O) groups is 1. The number of carbonyl (C=O) groups excluding carboxylic acids is 1. The van der Waals surface area contributed by atoms with E-state index in [1.165, 1.54) is 6.26 Å². The number of halogens is 1. The summed E-state index contributed by atoms with van der Waals surface area (Å²) in [4.78, 5) is 12.3. The quantitative estimate of drug-likeness (QED) is 0.876. The molecule has 3 rings (SSSR count). The number of hydrazone groups is 1. The molecule has 0 amide bonds. The van der Waals surface area contributed by atoms with Crippen LogP contribution in [0.15, 0.2) is 52.2 Å². The van der Waals surface area contributed by atoms with E-state index in [1.807, 2.05) is 24.3 Å². The Kier molecular flexibility index (Phi) is 3.09. The molecule has 1 N–H and O–H groups in total. The molecule has 5 heteroatoms. The minimum Gasteiger partial charge on any atom is -0.461 e. The Morgan fingerprint density at radius 2 is 2.11 bits per heavy atom. The van der Waals surface area contributed by atoms with Gasteiger partial charge in [0.2, 0.25) is 5.78 Å². The third kappa shape index (κ3) is 2.27. The molecule has 96 valence electrons. The van der Waals surface area contributed by atoms with E-state index in [0.717, 1.165) is 5.56 Å². The SMILES string of the molecule is O=C(C1=NNC[C@@H]1c1ccc(Cl)cc1)c1ccco1. The van der Waals surface area contributed by atoms with Crippen molar-refractivity contribution in [2.24, 2.45) is 5.10 Å². The molecule has 1 atom stereocenters. The fraction of sp³-hybridized carbons (Fsp3) is 0.143. The van der Waals surface area contributed by atoms with Crippen LogP contribution in [0.1, 0.15) is 22.0 Å². The van der Waals surface area contributed by atoms with Gasteiger partial charge >= 0.3 is 0 Å². The second-order valence-electron chi connectivity index (χ2n) is 4.27. The lowest BCUT2D eigenvalue weighted by Gasteiger charge is -2.10. The second kappa shape index (κ2) is 4.90. The summed E-state index contributed by atoms with van der Waals surface area (Å²) >= 11 is 5.87. The number of furan rings is 1. The number of ketones is 1. The summed E-state index contributed by atoms with van der Waals surface area (Å²) in [6.07, 6.45) is 1.48. The van der Waals surface area contributed by atoms with Gasteiger partial charge in [-0.2, -0.15) is 5.10 Å². The Morgan fingerprint density at radius 3 is 2.79 bits per heavy atom. The number of hydrogen-bond donors (Lipinski definition) is 1. The second-order valence-corrected chi connectivity index (χ2v) is 4.71. The van der Waals surface area contributed by atoms with E-state index in [4.69, 9.17) is 16.0 Å². The molecular formula is C14H11ClN2O2. The van der Waals surface area contributed by atoms with Crippen molar-refractivity contribution in [1.82, 2.24) is 5.43 Å². The van der Waals surface area contributed by atoms with E-state index < -0.39 is 0 Å². The largest absolute Gasteiger partial charge is 0.461 e. The van der Waals surface area contributed by atoms with Crippen molar-refractivity contribution in [3.8, 4) is 0 Å². The van der Waals surface area contributed by atoms with Crippen LogP contribution in [0.5, 0.6) is 0 Å². The average Bonchev–Trinajstić information content (AvgIpc) is 3.10. The van der Waals surface area contributed by atoms with Crippen LogP contribution in [-0.4, -0.2) is 18.0 Å². The van der Waals surface area contributed by atoms with Gasteiger partial charge in [-0.15, -0.1) is 0 Å². The van der Waals surface area contributed by atoms with Crippen LogP contribution in [0.25, 0.3) is 0 Å². The van der Waals surface area contributed by atoms with Crippen molar-refractivity contribution in [2.75, 3.05) is 6.54 Å². The van der Waals surface area contributed by atoms with Gasteiger partial charge in [0.25, 0.3) is 0 Å². The summed E-state index contributed by atoms with van der Waals surface area (Å²) in [5, 5.41) is 4.77.